The monoisotopic (exact) mass is 840 g/mol. The molecule has 0 spiro atoms. The number of ether oxygens (including phenoxy) is 2. The average molecular weight is 841 g/mol. The Balaban J connectivity index is 1.76. The maximum absolute atomic E-state index is 14.8. The second-order valence-corrected chi connectivity index (χ2v) is 16.9. The minimum absolute atomic E-state index is 0.0268. The fourth-order valence-electron chi connectivity index (χ4n) is 7.87. The van der Waals surface area contributed by atoms with E-state index in [-0.39, 0.29) is 48.4 Å². The van der Waals surface area contributed by atoms with Crippen LogP contribution in [0.4, 0.5) is 0 Å². The second kappa shape index (κ2) is 19.6. The van der Waals surface area contributed by atoms with E-state index in [2.05, 4.69) is 35.3 Å². The highest BCUT2D eigenvalue weighted by molar-refractivity contribution is 5.97. The molecular formula is C38H64N8O13. The quantitative estimate of drug-likeness (QED) is 0.114. The van der Waals surface area contributed by atoms with Crippen LogP contribution in [0.1, 0.15) is 107 Å². The number of nitrogens with zero attached hydrogens (tertiary/aromatic N) is 4. The zero-order valence-corrected chi connectivity index (χ0v) is 35.3. The van der Waals surface area contributed by atoms with Gasteiger partial charge in [0, 0.05) is 19.5 Å². The van der Waals surface area contributed by atoms with Gasteiger partial charge in [-0.05, 0) is 84.0 Å². The number of amides is 6. The Morgan fingerprint density at radius 1 is 0.898 bits per heavy atom. The van der Waals surface area contributed by atoms with Gasteiger partial charge in [-0.1, -0.05) is 34.1 Å². The standard InChI is InChI=1S/C38H64N8O13/c1-9-21(4)18-25-14-15-38(55,59-24(25)7)37(8,54)36(53)42-29-30(20(2)3)58-35(52)23(6)46(57)32(49)26-12-10-16-40-43(26)28(47)19-39-31(48)22(5)45(56)33(50)27-13-11-17-41-44(27)34(29)51/h20-27,29-30,40-41,54-57H,9-19H2,1-8H3,(H,39,48)(H,42,53)/t21-,22-,23+,24+,25+,26+,27-,29-,30-,37+,38+/m0/s1. The van der Waals surface area contributed by atoms with Crippen LogP contribution in [-0.2, 0) is 43.0 Å². The van der Waals surface area contributed by atoms with Crippen LogP contribution in [0.3, 0.4) is 0 Å². The second-order valence-electron chi connectivity index (χ2n) is 16.9. The van der Waals surface area contributed by atoms with E-state index in [4.69, 9.17) is 9.47 Å². The first-order valence-corrected chi connectivity index (χ1v) is 20.7. The molecule has 4 aliphatic rings. The SMILES string of the molecule is CC[C@H](C)C[C@H]1CC[C@](O)([C@](C)(O)C(=O)N[C@@H]2C(=O)N3NCCC[C@H]3C(=O)N(O)[C@@H](C)C(=O)NCC(=O)N3NCCC[C@@H]3C(=O)N(O)[C@H](C)C(=O)O[C@H]2C(C)C)O[C@@H]1C. The lowest BCUT2D eigenvalue weighted by Gasteiger charge is -2.47. The highest BCUT2D eigenvalue weighted by Gasteiger charge is 2.57. The van der Waals surface area contributed by atoms with Crippen LogP contribution >= 0.6 is 0 Å². The topological polar surface area (TPSA) is 280 Å². The molecule has 0 aromatic rings. The largest absolute Gasteiger partial charge is 0.458 e. The summed E-state index contributed by atoms with van der Waals surface area (Å²) in [6.45, 7) is 12.1. The number of aliphatic hydroxyl groups is 2. The Hall–Kier alpha value is -3.99. The molecule has 4 rings (SSSR count). The van der Waals surface area contributed by atoms with Crippen molar-refractivity contribution in [1.82, 2.24) is 41.6 Å². The van der Waals surface area contributed by atoms with E-state index in [0.717, 1.165) is 36.7 Å². The summed E-state index contributed by atoms with van der Waals surface area (Å²) in [5, 5.41) is 52.4. The van der Waals surface area contributed by atoms with E-state index >= 15 is 0 Å². The highest BCUT2D eigenvalue weighted by atomic mass is 16.6. The Morgan fingerprint density at radius 3 is 2.02 bits per heavy atom. The third-order valence-corrected chi connectivity index (χ3v) is 12.2. The smallest absolute Gasteiger partial charge is 0.331 e. The molecule has 6 amide bonds. The van der Waals surface area contributed by atoms with Crippen molar-refractivity contribution in [2.75, 3.05) is 19.6 Å². The van der Waals surface area contributed by atoms with Gasteiger partial charge in [0.25, 0.3) is 29.5 Å². The van der Waals surface area contributed by atoms with E-state index in [1.54, 1.807) is 20.8 Å². The van der Waals surface area contributed by atoms with Gasteiger partial charge in [0.2, 0.25) is 11.7 Å². The Morgan fingerprint density at radius 2 is 1.46 bits per heavy atom. The van der Waals surface area contributed by atoms with Gasteiger partial charge in [-0.2, -0.15) is 0 Å². The third-order valence-electron chi connectivity index (χ3n) is 12.2. The van der Waals surface area contributed by atoms with Crippen LogP contribution in [0.25, 0.3) is 0 Å². The number of hydroxylamine groups is 4. The van der Waals surface area contributed by atoms with Gasteiger partial charge >= 0.3 is 5.97 Å². The number of rotatable bonds is 7. The number of cyclic esters (lactones) is 1. The van der Waals surface area contributed by atoms with Crippen LogP contribution in [0.2, 0.25) is 0 Å². The molecule has 334 valence electrons. The number of nitrogens with one attached hydrogen (secondary N) is 4. The van der Waals surface area contributed by atoms with Gasteiger partial charge in [0.05, 0.1) is 12.6 Å². The lowest BCUT2D eigenvalue weighted by Crippen LogP contribution is -2.70. The molecule has 0 saturated carbocycles. The van der Waals surface area contributed by atoms with Crippen molar-refractivity contribution in [3.63, 3.8) is 0 Å². The molecule has 4 fully saturated rings. The van der Waals surface area contributed by atoms with Crippen molar-refractivity contribution in [2.45, 2.75) is 161 Å². The molecule has 0 radical (unpaired) electrons. The Kier molecular flexibility index (Phi) is 15.8. The summed E-state index contributed by atoms with van der Waals surface area (Å²) in [7, 11) is 0. The van der Waals surface area contributed by atoms with Crippen LogP contribution in [0, 0.1) is 17.8 Å². The molecule has 0 aromatic carbocycles. The van der Waals surface area contributed by atoms with Gasteiger partial charge in [-0.3, -0.25) is 49.2 Å². The fraction of sp³-hybridized carbons (Fsp3) is 0.816. The number of hydrogen-bond acceptors (Lipinski definition) is 15. The van der Waals surface area contributed by atoms with Gasteiger partial charge < -0.3 is 30.3 Å². The van der Waals surface area contributed by atoms with Crippen molar-refractivity contribution in [3.8, 4) is 0 Å². The first kappa shape index (κ1) is 47.7. The zero-order chi connectivity index (χ0) is 44.1. The normalized spacial score (nSPS) is 34.1. The maximum atomic E-state index is 14.8. The van der Waals surface area contributed by atoms with Crippen molar-refractivity contribution in [3.05, 3.63) is 0 Å². The Labute approximate surface area is 344 Å². The minimum atomic E-state index is -2.70. The number of hydrogen-bond donors (Lipinski definition) is 8. The Bertz CT molecular complexity index is 1580. The van der Waals surface area contributed by atoms with Crippen molar-refractivity contribution in [1.29, 1.82) is 0 Å². The van der Waals surface area contributed by atoms with Crippen LogP contribution in [-0.4, -0.2) is 156 Å². The number of carbonyl (C=O) groups excluding carboxylic acids is 7. The summed E-state index contributed by atoms with van der Waals surface area (Å²) in [4.78, 5) is 96.8. The molecule has 21 nitrogen and oxygen atoms in total. The lowest BCUT2D eigenvalue weighted by molar-refractivity contribution is -0.326. The van der Waals surface area contributed by atoms with E-state index in [0.29, 0.717) is 25.2 Å². The van der Waals surface area contributed by atoms with Gasteiger partial charge in [0.1, 0.15) is 30.3 Å². The predicted octanol–water partition coefficient (Wildman–Crippen LogP) is -0.936. The summed E-state index contributed by atoms with van der Waals surface area (Å²) in [6.07, 6.45) is 0.550. The molecule has 0 aromatic heterocycles. The predicted molar refractivity (Wildman–Crippen MR) is 205 cm³/mol. The lowest BCUT2D eigenvalue weighted by atomic mass is 9.79. The molecule has 59 heavy (non-hydrogen) atoms. The molecule has 0 unspecified atom stereocenters. The molecule has 21 heteroatoms. The van der Waals surface area contributed by atoms with E-state index in [9.17, 15) is 54.2 Å². The fourth-order valence-corrected chi connectivity index (χ4v) is 7.87. The first-order valence-electron chi connectivity index (χ1n) is 20.7. The summed E-state index contributed by atoms with van der Waals surface area (Å²) in [5.41, 5.74) is 2.85. The molecular weight excluding hydrogens is 776 g/mol. The number of carbonyl (C=O) groups is 7. The van der Waals surface area contributed by atoms with Crippen molar-refractivity contribution < 1.29 is 63.7 Å². The van der Waals surface area contributed by atoms with Crippen LogP contribution in [0.15, 0.2) is 0 Å². The van der Waals surface area contributed by atoms with Crippen molar-refractivity contribution in [2.24, 2.45) is 17.8 Å². The van der Waals surface area contributed by atoms with Gasteiger partial charge in [0.15, 0.2) is 11.6 Å². The maximum Gasteiger partial charge on any atom is 0.331 e. The highest BCUT2D eigenvalue weighted by Crippen LogP contribution is 2.40. The third kappa shape index (κ3) is 10.3. The van der Waals surface area contributed by atoms with Gasteiger partial charge in [-0.25, -0.2) is 25.8 Å². The summed E-state index contributed by atoms with van der Waals surface area (Å²) in [5.74, 6) is -10.4. The summed E-state index contributed by atoms with van der Waals surface area (Å²) < 4.78 is 11.8. The molecule has 8 N–H and O–H groups in total. The number of fused-ring (bicyclic) bond motifs is 2. The van der Waals surface area contributed by atoms with E-state index < -0.39 is 108 Å². The molecule has 0 bridgehead atoms. The first-order chi connectivity index (χ1) is 27.6. The average Bonchev–Trinajstić information content (AvgIpc) is 3.22. The summed E-state index contributed by atoms with van der Waals surface area (Å²) >= 11 is 0. The molecule has 11 atom stereocenters. The molecule has 4 saturated heterocycles. The molecule has 0 aliphatic carbocycles. The van der Waals surface area contributed by atoms with E-state index in [1.165, 1.54) is 6.92 Å². The summed E-state index contributed by atoms with van der Waals surface area (Å²) in [6, 6.07) is -8.05. The van der Waals surface area contributed by atoms with Crippen LogP contribution < -0.4 is 21.5 Å². The number of esters is 1. The van der Waals surface area contributed by atoms with E-state index in [1.807, 2.05) is 0 Å². The minimum Gasteiger partial charge on any atom is -0.458 e. The van der Waals surface area contributed by atoms with Gasteiger partial charge in [-0.15, -0.1) is 0 Å². The van der Waals surface area contributed by atoms with Crippen molar-refractivity contribution >= 4 is 41.4 Å². The molecule has 4 heterocycles. The number of hydrazine groups is 2. The zero-order valence-electron chi connectivity index (χ0n) is 35.3. The molecule has 4 aliphatic heterocycles. The van der Waals surface area contributed by atoms with Crippen LogP contribution in [0.5, 0.6) is 0 Å².